The Morgan fingerprint density at radius 1 is 1.30 bits per heavy atom. The van der Waals surface area contributed by atoms with Crippen LogP contribution < -0.4 is 10.1 Å². The lowest BCUT2D eigenvalue weighted by atomic mass is 10.3. The minimum atomic E-state index is -0.364. The molecule has 0 atom stereocenters. The van der Waals surface area contributed by atoms with Crippen molar-refractivity contribution in [3.8, 4) is 17.4 Å². The Balaban J connectivity index is 1.80. The number of hydrogen-bond donors (Lipinski definition) is 1. The number of anilines is 1. The number of pyridine rings is 1. The van der Waals surface area contributed by atoms with Crippen LogP contribution in [0.3, 0.4) is 0 Å². The molecule has 0 aliphatic heterocycles. The summed E-state index contributed by atoms with van der Waals surface area (Å²) in [6.45, 7) is 3.71. The number of amides is 1. The first-order chi connectivity index (χ1) is 13.2. The molecule has 0 saturated heterocycles. The first-order valence-electron chi connectivity index (χ1n) is 8.43. The van der Waals surface area contributed by atoms with Gasteiger partial charge in [0.15, 0.2) is 5.82 Å². The van der Waals surface area contributed by atoms with Gasteiger partial charge < -0.3 is 19.4 Å². The minimum Gasteiger partial charge on any atom is -0.479 e. The van der Waals surface area contributed by atoms with Gasteiger partial charge in [-0.25, -0.2) is 4.98 Å². The summed E-state index contributed by atoms with van der Waals surface area (Å²) >= 11 is 0. The highest BCUT2D eigenvalue weighted by molar-refractivity contribution is 6.05. The van der Waals surface area contributed by atoms with E-state index in [2.05, 4.69) is 25.6 Å². The molecule has 0 spiro atoms. The van der Waals surface area contributed by atoms with E-state index in [0.29, 0.717) is 36.1 Å². The summed E-state index contributed by atoms with van der Waals surface area (Å²) in [7, 11) is 3.07. The molecule has 142 valence electrons. The number of aromatic nitrogens is 6. The lowest BCUT2D eigenvalue weighted by Crippen LogP contribution is -2.13. The number of nitrogens with one attached hydrogen (secondary N) is 1. The maximum absolute atomic E-state index is 12.7. The second kappa shape index (κ2) is 8.41. The van der Waals surface area contributed by atoms with Crippen LogP contribution >= 0.6 is 0 Å². The molecule has 0 fully saturated rings. The summed E-state index contributed by atoms with van der Waals surface area (Å²) in [6.07, 6.45) is 3.26. The summed E-state index contributed by atoms with van der Waals surface area (Å²) in [5.74, 6) is 0.913. The van der Waals surface area contributed by atoms with E-state index in [1.807, 2.05) is 17.6 Å². The van der Waals surface area contributed by atoms with Gasteiger partial charge in [0, 0.05) is 19.9 Å². The minimum absolute atomic E-state index is 0.241. The van der Waals surface area contributed by atoms with Crippen molar-refractivity contribution in [2.24, 2.45) is 0 Å². The molecule has 0 radical (unpaired) electrons. The topological polar surface area (TPSA) is 109 Å². The van der Waals surface area contributed by atoms with Crippen LogP contribution in [0.4, 0.5) is 5.82 Å². The van der Waals surface area contributed by atoms with Crippen molar-refractivity contribution in [1.82, 2.24) is 29.5 Å². The Bertz CT molecular complexity index is 919. The highest BCUT2D eigenvalue weighted by Gasteiger charge is 2.18. The number of nitrogens with zero attached hydrogens (tertiary/aromatic N) is 6. The van der Waals surface area contributed by atoms with Crippen LogP contribution in [-0.4, -0.2) is 56.3 Å². The van der Waals surface area contributed by atoms with Crippen molar-refractivity contribution in [1.29, 1.82) is 0 Å². The average Bonchev–Trinajstić information content (AvgIpc) is 3.33. The van der Waals surface area contributed by atoms with Gasteiger partial charge in [-0.1, -0.05) is 6.07 Å². The fourth-order valence-electron chi connectivity index (χ4n) is 2.51. The largest absolute Gasteiger partial charge is 0.479 e. The lowest BCUT2D eigenvalue weighted by Gasteiger charge is -2.07. The van der Waals surface area contributed by atoms with Gasteiger partial charge in [-0.05, 0) is 19.1 Å². The molecule has 10 nitrogen and oxygen atoms in total. The van der Waals surface area contributed by atoms with Crippen molar-refractivity contribution in [3.63, 3.8) is 0 Å². The van der Waals surface area contributed by atoms with Gasteiger partial charge in [0.25, 0.3) is 5.91 Å². The molecule has 27 heavy (non-hydrogen) atoms. The number of carbonyl (C=O) groups excluding carboxylic acids is 1. The van der Waals surface area contributed by atoms with Gasteiger partial charge in [0.1, 0.15) is 23.4 Å². The van der Waals surface area contributed by atoms with E-state index >= 15 is 0 Å². The van der Waals surface area contributed by atoms with Gasteiger partial charge in [-0.2, -0.15) is 0 Å². The summed E-state index contributed by atoms with van der Waals surface area (Å²) in [4.78, 5) is 17.1. The van der Waals surface area contributed by atoms with E-state index < -0.39 is 0 Å². The van der Waals surface area contributed by atoms with Crippen LogP contribution in [0.5, 0.6) is 5.88 Å². The van der Waals surface area contributed by atoms with Crippen LogP contribution in [0, 0.1) is 0 Å². The molecule has 1 amide bonds. The maximum Gasteiger partial charge on any atom is 0.263 e. The normalized spacial score (nSPS) is 10.8. The van der Waals surface area contributed by atoms with Crippen LogP contribution in [0.15, 0.2) is 30.7 Å². The average molecular weight is 371 g/mol. The number of carbonyl (C=O) groups is 1. The fourth-order valence-corrected chi connectivity index (χ4v) is 2.51. The molecule has 0 unspecified atom stereocenters. The van der Waals surface area contributed by atoms with Crippen molar-refractivity contribution < 1.29 is 14.3 Å². The number of ether oxygens (including phenoxy) is 2. The van der Waals surface area contributed by atoms with Crippen molar-refractivity contribution in [2.75, 3.05) is 26.1 Å². The molecule has 3 rings (SSSR count). The Morgan fingerprint density at radius 3 is 2.89 bits per heavy atom. The van der Waals surface area contributed by atoms with Crippen molar-refractivity contribution in [2.45, 2.75) is 20.0 Å². The molecule has 0 aliphatic rings. The van der Waals surface area contributed by atoms with Crippen LogP contribution in [-0.2, 0) is 17.8 Å². The van der Waals surface area contributed by atoms with E-state index in [-0.39, 0.29) is 11.8 Å². The summed E-state index contributed by atoms with van der Waals surface area (Å²) < 4.78 is 13.7. The summed E-state index contributed by atoms with van der Waals surface area (Å²) in [5, 5.41) is 15.0. The Kier molecular flexibility index (Phi) is 5.77. The third-order valence-electron chi connectivity index (χ3n) is 3.87. The SMILES string of the molecule is CCn1cnnc1-c1cccc(NC(=O)c2cn(CCOC)nc2OC)n1. The summed E-state index contributed by atoms with van der Waals surface area (Å²) in [6, 6.07) is 5.32. The predicted octanol–water partition coefficient (Wildman–Crippen LogP) is 1.46. The molecule has 3 aromatic rings. The number of aryl methyl sites for hydroxylation is 1. The van der Waals surface area contributed by atoms with Gasteiger partial charge in [0.05, 0.1) is 20.3 Å². The first-order valence-corrected chi connectivity index (χ1v) is 8.43. The van der Waals surface area contributed by atoms with E-state index in [1.54, 1.807) is 36.4 Å². The molecular formula is C17H21N7O3. The third-order valence-corrected chi connectivity index (χ3v) is 3.87. The second-order valence-electron chi connectivity index (χ2n) is 5.61. The molecule has 0 aliphatic carbocycles. The smallest absolute Gasteiger partial charge is 0.263 e. The molecule has 1 N–H and O–H groups in total. The zero-order valence-corrected chi connectivity index (χ0v) is 15.4. The van der Waals surface area contributed by atoms with Gasteiger partial charge in [-0.3, -0.25) is 9.48 Å². The van der Waals surface area contributed by atoms with Crippen molar-refractivity contribution in [3.05, 3.63) is 36.3 Å². The summed E-state index contributed by atoms with van der Waals surface area (Å²) in [5.41, 5.74) is 0.937. The van der Waals surface area contributed by atoms with Gasteiger partial charge in [-0.15, -0.1) is 15.3 Å². The molecule has 10 heteroatoms. The molecule has 0 aromatic carbocycles. The highest BCUT2D eigenvalue weighted by atomic mass is 16.5. The molecule has 0 saturated carbocycles. The number of hydrogen-bond acceptors (Lipinski definition) is 7. The van der Waals surface area contributed by atoms with Gasteiger partial charge in [0.2, 0.25) is 5.88 Å². The Labute approximate surface area is 156 Å². The third kappa shape index (κ3) is 4.11. The Morgan fingerprint density at radius 2 is 2.15 bits per heavy atom. The maximum atomic E-state index is 12.7. The zero-order chi connectivity index (χ0) is 19.2. The monoisotopic (exact) mass is 371 g/mol. The fraction of sp³-hybridized carbons (Fsp3) is 0.353. The van der Waals surface area contributed by atoms with Crippen molar-refractivity contribution >= 4 is 11.7 Å². The standard InChI is InChI=1S/C17H21N7O3/c1-4-23-11-18-21-15(23)13-6-5-7-14(19-13)20-16(25)12-10-24(8-9-26-2)22-17(12)27-3/h5-7,10-11H,4,8-9H2,1-3H3,(H,19,20,25). The number of rotatable bonds is 8. The zero-order valence-electron chi connectivity index (χ0n) is 15.4. The number of methoxy groups -OCH3 is 2. The molecular weight excluding hydrogens is 350 g/mol. The molecule has 3 aromatic heterocycles. The first kappa shape index (κ1) is 18.5. The van der Waals surface area contributed by atoms with Crippen LogP contribution in [0.25, 0.3) is 11.5 Å². The predicted molar refractivity (Wildman–Crippen MR) is 97.5 cm³/mol. The van der Waals surface area contributed by atoms with E-state index in [1.165, 1.54) is 7.11 Å². The van der Waals surface area contributed by atoms with Crippen LogP contribution in [0.2, 0.25) is 0 Å². The van der Waals surface area contributed by atoms with E-state index in [9.17, 15) is 4.79 Å². The molecule has 0 bridgehead atoms. The van der Waals surface area contributed by atoms with Gasteiger partial charge >= 0.3 is 0 Å². The highest BCUT2D eigenvalue weighted by Crippen LogP contribution is 2.19. The van der Waals surface area contributed by atoms with Crippen LogP contribution in [0.1, 0.15) is 17.3 Å². The molecule has 3 heterocycles. The van der Waals surface area contributed by atoms with E-state index in [0.717, 1.165) is 6.54 Å². The quantitative estimate of drug-likeness (QED) is 0.638. The van der Waals surface area contributed by atoms with E-state index in [4.69, 9.17) is 9.47 Å². The Hall–Kier alpha value is -3.27. The lowest BCUT2D eigenvalue weighted by molar-refractivity contribution is 0.102. The second-order valence-corrected chi connectivity index (χ2v) is 5.61.